The molecule has 0 radical (unpaired) electrons. The average molecular weight is 147 g/mol. The van der Waals surface area contributed by atoms with Crippen LogP contribution in [-0.2, 0) is 4.74 Å². The Kier molecular flexibility index (Phi) is 4.66. The summed E-state index contributed by atoms with van der Waals surface area (Å²) in [4.78, 5) is 9.94. The first-order valence-electron chi connectivity index (χ1n) is 3.25. The smallest absolute Gasteiger partial charge is 0.404 e. The van der Waals surface area contributed by atoms with Gasteiger partial charge in [0.25, 0.3) is 0 Å². The van der Waals surface area contributed by atoms with E-state index in [0.29, 0.717) is 13.2 Å². The third kappa shape index (κ3) is 5.37. The summed E-state index contributed by atoms with van der Waals surface area (Å²) in [5, 5.41) is 10.4. The van der Waals surface area contributed by atoms with Crippen molar-refractivity contribution < 1.29 is 14.6 Å². The summed E-state index contributed by atoms with van der Waals surface area (Å²) in [7, 11) is 0. The van der Waals surface area contributed by atoms with Gasteiger partial charge in [-0.25, -0.2) is 4.79 Å². The molecule has 0 rings (SSSR count). The number of ether oxygens (including phenoxy) is 1. The highest BCUT2D eigenvalue weighted by Gasteiger charge is 2.01. The Morgan fingerprint density at radius 1 is 1.80 bits per heavy atom. The molecule has 0 saturated carbocycles. The summed E-state index contributed by atoms with van der Waals surface area (Å²) in [5.74, 6) is 0. The quantitative estimate of drug-likeness (QED) is 0.614. The Hall–Kier alpha value is -0.770. The molecule has 0 unspecified atom stereocenters. The van der Waals surface area contributed by atoms with Crippen LogP contribution in [0.25, 0.3) is 0 Å². The lowest BCUT2D eigenvalue weighted by molar-refractivity contribution is 0.0755. The van der Waals surface area contributed by atoms with E-state index >= 15 is 0 Å². The molecule has 0 fully saturated rings. The fourth-order valence-electron chi connectivity index (χ4n) is 0.574. The first kappa shape index (κ1) is 9.23. The van der Waals surface area contributed by atoms with Crippen molar-refractivity contribution in [3.8, 4) is 0 Å². The molecule has 60 valence electrons. The molecule has 1 atom stereocenters. The van der Waals surface area contributed by atoms with Crippen LogP contribution in [0.2, 0.25) is 0 Å². The minimum atomic E-state index is -1.01. The summed E-state index contributed by atoms with van der Waals surface area (Å²) < 4.78 is 5.07. The normalized spacial score (nSPS) is 12.6. The fourth-order valence-corrected chi connectivity index (χ4v) is 0.574. The van der Waals surface area contributed by atoms with E-state index in [-0.39, 0.29) is 6.10 Å². The summed E-state index contributed by atoms with van der Waals surface area (Å²) in [5.41, 5.74) is 0. The van der Waals surface area contributed by atoms with Crippen molar-refractivity contribution in [2.75, 3.05) is 13.2 Å². The van der Waals surface area contributed by atoms with E-state index in [1.807, 2.05) is 13.8 Å². The molecule has 1 amide bonds. The van der Waals surface area contributed by atoms with Gasteiger partial charge in [0.05, 0.1) is 6.10 Å². The molecular formula is C6H13NO3. The highest BCUT2D eigenvalue weighted by molar-refractivity contribution is 5.64. The first-order chi connectivity index (χ1) is 4.66. The molecule has 10 heavy (non-hydrogen) atoms. The Morgan fingerprint density at radius 3 is 2.80 bits per heavy atom. The van der Waals surface area contributed by atoms with Crippen LogP contribution in [0.1, 0.15) is 13.8 Å². The molecule has 0 aromatic carbocycles. The Morgan fingerprint density at radius 2 is 2.40 bits per heavy atom. The molecule has 0 aromatic heterocycles. The van der Waals surface area contributed by atoms with E-state index in [4.69, 9.17) is 9.84 Å². The third-order valence-corrected chi connectivity index (χ3v) is 0.992. The van der Waals surface area contributed by atoms with Crippen molar-refractivity contribution >= 4 is 6.09 Å². The average Bonchev–Trinajstić information content (AvgIpc) is 1.85. The zero-order valence-corrected chi connectivity index (χ0v) is 6.26. The topological polar surface area (TPSA) is 58.6 Å². The number of rotatable bonds is 4. The monoisotopic (exact) mass is 147 g/mol. The van der Waals surface area contributed by atoms with Crippen molar-refractivity contribution in [2.24, 2.45) is 0 Å². The molecule has 4 heteroatoms. The van der Waals surface area contributed by atoms with E-state index in [1.54, 1.807) is 0 Å². The predicted octanol–water partition coefficient (Wildman–Crippen LogP) is 0.679. The molecular weight excluding hydrogens is 134 g/mol. The van der Waals surface area contributed by atoms with E-state index in [1.165, 1.54) is 0 Å². The Balaban J connectivity index is 3.21. The van der Waals surface area contributed by atoms with Gasteiger partial charge in [-0.05, 0) is 13.8 Å². The molecule has 0 heterocycles. The number of amides is 1. The molecule has 0 spiro atoms. The summed E-state index contributed by atoms with van der Waals surface area (Å²) in [6.45, 7) is 4.66. The zero-order chi connectivity index (χ0) is 7.98. The van der Waals surface area contributed by atoms with Gasteiger partial charge in [0, 0.05) is 13.2 Å². The van der Waals surface area contributed by atoms with Crippen LogP contribution >= 0.6 is 0 Å². The lowest BCUT2D eigenvalue weighted by atomic mass is 10.4. The molecule has 0 bridgehead atoms. The second kappa shape index (κ2) is 5.05. The van der Waals surface area contributed by atoms with Gasteiger partial charge >= 0.3 is 6.09 Å². The number of nitrogens with one attached hydrogen (secondary N) is 1. The Labute approximate surface area is 60.2 Å². The summed E-state index contributed by atoms with van der Waals surface area (Å²) in [6, 6.07) is 0. The predicted molar refractivity (Wildman–Crippen MR) is 37.1 cm³/mol. The highest BCUT2D eigenvalue weighted by Crippen LogP contribution is 1.86. The zero-order valence-electron chi connectivity index (χ0n) is 6.26. The maximum atomic E-state index is 9.94. The molecule has 0 aromatic rings. The van der Waals surface area contributed by atoms with E-state index in [0.717, 1.165) is 0 Å². The maximum absolute atomic E-state index is 9.94. The maximum Gasteiger partial charge on any atom is 0.404 e. The molecule has 0 aliphatic carbocycles. The third-order valence-electron chi connectivity index (χ3n) is 0.992. The van der Waals surface area contributed by atoms with Crippen molar-refractivity contribution in [3.63, 3.8) is 0 Å². The van der Waals surface area contributed by atoms with Gasteiger partial charge < -0.3 is 15.2 Å². The Bertz CT molecular complexity index is 105. The molecule has 2 N–H and O–H groups in total. The van der Waals surface area contributed by atoms with Crippen LogP contribution < -0.4 is 5.32 Å². The van der Waals surface area contributed by atoms with Gasteiger partial charge in [-0.3, -0.25) is 0 Å². The largest absolute Gasteiger partial charge is 0.465 e. The molecule has 0 saturated heterocycles. The minimum Gasteiger partial charge on any atom is -0.465 e. The number of carbonyl (C=O) groups is 1. The van der Waals surface area contributed by atoms with Gasteiger partial charge in [-0.2, -0.15) is 0 Å². The second-order valence-electron chi connectivity index (χ2n) is 1.95. The van der Waals surface area contributed by atoms with Crippen molar-refractivity contribution in [3.05, 3.63) is 0 Å². The van der Waals surface area contributed by atoms with Crippen molar-refractivity contribution in [1.29, 1.82) is 0 Å². The second-order valence-corrected chi connectivity index (χ2v) is 1.95. The van der Waals surface area contributed by atoms with Gasteiger partial charge in [0.2, 0.25) is 0 Å². The molecule has 4 nitrogen and oxygen atoms in total. The minimum absolute atomic E-state index is 0.0406. The molecule has 0 aliphatic rings. The van der Waals surface area contributed by atoms with E-state index in [2.05, 4.69) is 5.32 Å². The van der Waals surface area contributed by atoms with Crippen LogP contribution in [0.5, 0.6) is 0 Å². The van der Waals surface area contributed by atoms with Crippen molar-refractivity contribution in [1.82, 2.24) is 5.32 Å². The van der Waals surface area contributed by atoms with Crippen LogP contribution in [0, 0.1) is 0 Å². The summed E-state index contributed by atoms with van der Waals surface area (Å²) in [6.07, 6.45) is -1.05. The lowest BCUT2D eigenvalue weighted by Gasteiger charge is -2.09. The lowest BCUT2D eigenvalue weighted by Crippen LogP contribution is -2.30. The van der Waals surface area contributed by atoms with Crippen molar-refractivity contribution in [2.45, 2.75) is 20.0 Å². The van der Waals surface area contributed by atoms with Crippen LogP contribution in [0.3, 0.4) is 0 Å². The highest BCUT2D eigenvalue weighted by atomic mass is 16.5. The standard InChI is InChI=1S/C6H13NO3/c1-3-10-5(2)4-7-6(8)9/h5,7H,3-4H2,1-2H3,(H,8,9)/t5-/m0/s1. The number of hydrogen-bond acceptors (Lipinski definition) is 2. The SMILES string of the molecule is CCO[C@@H](C)CNC(=O)O. The number of hydrogen-bond donors (Lipinski definition) is 2. The van der Waals surface area contributed by atoms with E-state index < -0.39 is 6.09 Å². The van der Waals surface area contributed by atoms with Crippen LogP contribution in [-0.4, -0.2) is 30.5 Å². The van der Waals surface area contributed by atoms with Gasteiger partial charge in [0.1, 0.15) is 0 Å². The number of carboxylic acid groups (broad SMARTS) is 1. The van der Waals surface area contributed by atoms with Gasteiger partial charge in [-0.15, -0.1) is 0 Å². The fraction of sp³-hybridized carbons (Fsp3) is 0.833. The van der Waals surface area contributed by atoms with Crippen LogP contribution in [0.4, 0.5) is 4.79 Å². The summed E-state index contributed by atoms with van der Waals surface area (Å²) >= 11 is 0. The molecule has 0 aliphatic heterocycles. The van der Waals surface area contributed by atoms with Gasteiger partial charge in [0.15, 0.2) is 0 Å². The van der Waals surface area contributed by atoms with Gasteiger partial charge in [-0.1, -0.05) is 0 Å². The van der Waals surface area contributed by atoms with E-state index in [9.17, 15) is 4.79 Å². The van der Waals surface area contributed by atoms with Crippen LogP contribution in [0.15, 0.2) is 0 Å². The first-order valence-corrected chi connectivity index (χ1v) is 3.25.